The summed E-state index contributed by atoms with van der Waals surface area (Å²) in [6, 6.07) is 4.58. The Labute approximate surface area is 141 Å². The van der Waals surface area contributed by atoms with Crippen LogP contribution >= 0.6 is 0 Å². The largest absolute Gasteiger partial charge is 0.497 e. The molecule has 9 heteroatoms. The fourth-order valence-electron chi connectivity index (χ4n) is 2.57. The average molecular weight is 358 g/mol. The topological polar surface area (TPSA) is 85.4 Å². The van der Waals surface area contributed by atoms with Crippen LogP contribution in [0.5, 0.6) is 11.5 Å². The van der Waals surface area contributed by atoms with Gasteiger partial charge in [-0.25, -0.2) is 13.2 Å². The summed E-state index contributed by atoms with van der Waals surface area (Å²) in [4.78, 5) is 13.2. The van der Waals surface area contributed by atoms with E-state index in [4.69, 9.17) is 14.2 Å². The van der Waals surface area contributed by atoms with E-state index in [0.717, 1.165) is 0 Å². The first-order valence-electron chi connectivity index (χ1n) is 7.49. The van der Waals surface area contributed by atoms with E-state index in [1.54, 1.807) is 6.07 Å². The molecule has 0 N–H and O–H groups in total. The van der Waals surface area contributed by atoms with E-state index in [1.165, 1.54) is 42.7 Å². The number of hydrogen-bond donors (Lipinski definition) is 0. The van der Waals surface area contributed by atoms with Gasteiger partial charge in [-0.2, -0.15) is 4.31 Å². The second-order valence-electron chi connectivity index (χ2n) is 5.23. The Bertz CT molecular complexity index is 691. The van der Waals surface area contributed by atoms with Crippen LogP contribution in [-0.4, -0.2) is 71.2 Å². The van der Waals surface area contributed by atoms with E-state index >= 15 is 0 Å². The van der Waals surface area contributed by atoms with Crippen LogP contribution in [-0.2, 0) is 14.8 Å². The second kappa shape index (κ2) is 7.71. The van der Waals surface area contributed by atoms with Gasteiger partial charge in [-0.15, -0.1) is 0 Å². The molecule has 0 radical (unpaired) electrons. The smallest absolute Gasteiger partial charge is 0.409 e. The van der Waals surface area contributed by atoms with Crippen LogP contribution in [0.25, 0.3) is 0 Å². The Kier molecular flexibility index (Phi) is 5.89. The number of sulfonamides is 1. The summed E-state index contributed by atoms with van der Waals surface area (Å²) in [5.41, 5.74) is 0. The quantitative estimate of drug-likeness (QED) is 0.803. The maximum absolute atomic E-state index is 12.9. The highest BCUT2D eigenvalue weighted by Crippen LogP contribution is 2.31. The summed E-state index contributed by atoms with van der Waals surface area (Å²) in [6.45, 7) is 1.26. The third kappa shape index (κ3) is 3.73. The highest BCUT2D eigenvalue weighted by atomic mass is 32.2. The number of nitrogens with zero attached hydrogens (tertiary/aromatic N) is 2. The van der Waals surface area contributed by atoms with Gasteiger partial charge in [0.1, 0.15) is 16.4 Å². The Morgan fingerprint density at radius 3 is 2.42 bits per heavy atom. The van der Waals surface area contributed by atoms with Crippen molar-refractivity contribution < 1.29 is 27.4 Å². The van der Waals surface area contributed by atoms with Crippen molar-refractivity contribution in [2.45, 2.75) is 11.3 Å². The van der Waals surface area contributed by atoms with Gasteiger partial charge in [-0.05, 0) is 18.6 Å². The number of hydrogen-bond acceptors (Lipinski definition) is 6. The fourth-order valence-corrected chi connectivity index (χ4v) is 4.18. The molecule has 0 unspecified atom stereocenters. The zero-order valence-corrected chi connectivity index (χ0v) is 14.8. The van der Waals surface area contributed by atoms with Gasteiger partial charge in [0, 0.05) is 32.2 Å². The molecule has 1 aromatic rings. The van der Waals surface area contributed by atoms with E-state index in [0.29, 0.717) is 25.3 Å². The molecule has 0 atom stereocenters. The summed E-state index contributed by atoms with van der Waals surface area (Å²) in [6.07, 6.45) is 0.0866. The first-order chi connectivity index (χ1) is 11.4. The lowest BCUT2D eigenvalue weighted by Crippen LogP contribution is -2.37. The molecule has 1 saturated heterocycles. The molecule has 24 heavy (non-hydrogen) atoms. The lowest BCUT2D eigenvalue weighted by molar-refractivity contribution is 0.126. The number of amides is 1. The van der Waals surface area contributed by atoms with Gasteiger partial charge in [0.05, 0.1) is 21.3 Å². The number of ether oxygens (including phenoxy) is 3. The van der Waals surface area contributed by atoms with Crippen molar-refractivity contribution >= 4 is 16.1 Å². The fraction of sp³-hybridized carbons (Fsp3) is 0.533. The Morgan fingerprint density at radius 1 is 1.04 bits per heavy atom. The molecule has 0 bridgehead atoms. The average Bonchev–Trinajstić information content (AvgIpc) is 2.87. The van der Waals surface area contributed by atoms with Crippen LogP contribution in [0.2, 0.25) is 0 Å². The summed E-state index contributed by atoms with van der Waals surface area (Å²) in [7, 11) is 0.486. The van der Waals surface area contributed by atoms with E-state index in [9.17, 15) is 13.2 Å². The van der Waals surface area contributed by atoms with Crippen molar-refractivity contribution in [2.75, 3.05) is 47.5 Å². The van der Waals surface area contributed by atoms with Gasteiger partial charge < -0.3 is 19.1 Å². The van der Waals surface area contributed by atoms with Crippen molar-refractivity contribution in [1.29, 1.82) is 0 Å². The van der Waals surface area contributed by atoms with Crippen LogP contribution in [0.3, 0.4) is 0 Å². The number of carbonyl (C=O) groups is 1. The number of methoxy groups -OCH3 is 3. The minimum Gasteiger partial charge on any atom is -0.497 e. The molecule has 0 aliphatic carbocycles. The van der Waals surface area contributed by atoms with Crippen molar-refractivity contribution in [3.63, 3.8) is 0 Å². The predicted molar refractivity (Wildman–Crippen MR) is 86.9 cm³/mol. The van der Waals surface area contributed by atoms with Crippen LogP contribution in [0.1, 0.15) is 6.42 Å². The molecule has 2 rings (SSSR count). The van der Waals surface area contributed by atoms with Gasteiger partial charge in [0.15, 0.2) is 0 Å². The number of rotatable bonds is 4. The SMILES string of the molecule is COC(=O)N1CCCN(S(=O)(=O)c2ccc(OC)cc2OC)CC1. The zero-order chi connectivity index (χ0) is 17.7. The summed E-state index contributed by atoms with van der Waals surface area (Å²) >= 11 is 0. The van der Waals surface area contributed by atoms with Gasteiger partial charge in [-0.1, -0.05) is 0 Å². The van der Waals surface area contributed by atoms with Gasteiger partial charge in [0.2, 0.25) is 10.0 Å². The van der Waals surface area contributed by atoms with Gasteiger partial charge in [0.25, 0.3) is 0 Å². The minimum absolute atomic E-state index is 0.0809. The lowest BCUT2D eigenvalue weighted by Gasteiger charge is -2.22. The van der Waals surface area contributed by atoms with E-state index in [-0.39, 0.29) is 23.7 Å². The third-order valence-corrected chi connectivity index (χ3v) is 5.81. The van der Waals surface area contributed by atoms with Gasteiger partial charge in [-0.3, -0.25) is 0 Å². The molecule has 0 saturated carbocycles. The van der Waals surface area contributed by atoms with Crippen LogP contribution in [0.4, 0.5) is 4.79 Å². The number of carbonyl (C=O) groups excluding carboxylic acids is 1. The summed E-state index contributed by atoms with van der Waals surface area (Å²) in [5, 5.41) is 0. The molecular weight excluding hydrogens is 336 g/mol. The normalized spacial score (nSPS) is 16.4. The molecule has 1 heterocycles. The van der Waals surface area contributed by atoms with Crippen molar-refractivity contribution in [2.24, 2.45) is 0 Å². The third-order valence-electron chi connectivity index (χ3n) is 3.88. The Balaban J connectivity index is 2.26. The molecule has 134 valence electrons. The summed E-state index contributed by atoms with van der Waals surface area (Å²) in [5.74, 6) is 0.738. The Morgan fingerprint density at radius 2 is 1.79 bits per heavy atom. The first-order valence-corrected chi connectivity index (χ1v) is 8.93. The molecule has 1 aromatic carbocycles. The maximum atomic E-state index is 12.9. The Hall–Kier alpha value is -2.00. The number of benzene rings is 1. The standard InChI is InChI=1S/C15H22N2O6S/c1-21-12-5-6-14(13(11-12)22-2)24(19,20)17-8-4-7-16(9-10-17)15(18)23-3/h5-6,11H,4,7-10H2,1-3H3. The molecule has 1 aliphatic heterocycles. The van der Waals surface area contributed by atoms with Crippen LogP contribution in [0.15, 0.2) is 23.1 Å². The van der Waals surface area contributed by atoms with Crippen LogP contribution < -0.4 is 9.47 Å². The zero-order valence-electron chi connectivity index (χ0n) is 14.0. The lowest BCUT2D eigenvalue weighted by atomic mass is 10.3. The van der Waals surface area contributed by atoms with Crippen molar-refractivity contribution in [3.05, 3.63) is 18.2 Å². The minimum atomic E-state index is -3.73. The monoisotopic (exact) mass is 358 g/mol. The molecule has 0 aromatic heterocycles. The first kappa shape index (κ1) is 18.3. The summed E-state index contributed by atoms with van der Waals surface area (Å²) < 4.78 is 42.2. The van der Waals surface area contributed by atoms with E-state index in [1.807, 2.05) is 0 Å². The van der Waals surface area contributed by atoms with Gasteiger partial charge >= 0.3 is 6.09 Å². The van der Waals surface area contributed by atoms with E-state index < -0.39 is 16.1 Å². The second-order valence-corrected chi connectivity index (χ2v) is 7.14. The molecule has 0 spiro atoms. The van der Waals surface area contributed by atoms with Crippen molar-refractivity contribution in [3.8, 4) is 11.5 Å². The highest BCUT2D eigenvalue weighted by Gasteiger charge is 2.30. The maximum Gasteiger partial charge on any atom is 0.409 e. The van der Waals surface area contributed by atoms with E-state index in [2.05, 4.69) is 0 Å². The predicted octanol–water partition coefficient (Wildman–Crippen LogP) is 1.17. The van der Waals surface area contributed by atoms with Crippen molar-refractivity contribution in [1.82, 2.24) is 9.21 Å². The molecule has 1 aliphatic rings. The molecule has 1 amide bonds. The highest BCUT2D eigenvalue weighted by molar-refractivity contribution is 7.89. The van der Waals surface area contributed by atoms with Crippen LogP contribution in [0, 0.1) is 0 Å². The molecule has 1 fully saturated rings. The molecular formula is C15H22N2O6S. The molecule has 8 nitrogen and oxygen atoms in total.